The standard InChI is InChI=1S/C48H65N3O4/c1-3-9-41-46-26-36-21-22-47(46,48(41)39-14-7-12-35(13-8-23-49)43(39)44(52)55-48)42(54-45(46)53)20-18-37(17-16-32-10-5-4-6-11-32)50-27-33-25-34(28-50)30-51(29-33)40-19-15-31(2)24-38(36)40/h7,12,14,19-20,26,31-34,37-38,41H,3-6,8-11,13,15-18,21-25,27-30,49H2,1-2H3/b42-20-/t31-,33-,34+,37+,38-,41-,46-,47+,48+/m0/s1. The van der Waals surface area contributed by atoms with Gasteiger partial charge in [-0.2, -0.15) is 0 Å². The van der Waals surface area contributed by atoms with Crippen LogP contribution in [0.3, 0.4) is 0 Å². The lowest BCUT2D eigenvalue weighted by Crippen LogP contribution is -2.75. The highest BCUT2D eigenvalue weighted by molar-refractivity contribution is 5.99. The molecule has 2 saturated carbocycles. The van der Waals surface area contributed by atoms with E-state index in [4.69, 9.17) is 15.2 Å². The Hall–Kier alpha value is -2.90. The average molecular weight is 748 g/mol. The number of allylic oxidation sites excluding steroid dienone is 2. The first kappa shape index (κ1) is 36.4. The predicted octanol–water partition coefficient (Wildman–Crippen LogP) is 8.82. The lowest BCUT2D eigenvalue weighted by molar-refractivity contribution is -0.271. The van der Waals surface area contributed by atoms with Gasteiger partial charge < -0.3 is 20.1 Å². The van der Waals surface area contributed by atoms with E-state index in [1.807, 2.05) is 0 Å². The van der Waals surface area contributed by atoms with Crippen LogP contribution in [0.1, 0.15) is 138 Å². The largest absolute Gasteiger partial charge is 0.449 e. The van der Waals surface area contributed by atoms with E-state index in [2.05, 4.69) is 60.1 Å². The van der Waals surface area contributed by atoms with Crippen LogP contribution in [-0.2, 0) is 26.3 Å². The summed E-state index contributed by atoms with van der Waals surface area (Å²) in [5.41, 5.74) is 9.17. The zero-order valence-electron chi connectivity index (χ0n) is 33.7. The van der Waals surface area contributed by atoms with Crippen molar-refractivity contribution in [3.8, 4) is 0 Å². The Kier molecular flexibility index (Phi) is 9.20. The topological polar surface area (TPSA) is 85.1 Å². The van der Waals surface area contributed by atoms with Crippen molar-refractivity contribution in [1.29, 1.82) is 0 Å². The molecule has 4 aliphatic carbocycles. The molecule has 1 aromatic carbocycles. The van der Waals surface area contributed by atoms with Gasteiger partial charge in [0.05, 0.1) is 11.0 Å². The Bertz CT molecular complexity index is 1790. The van der Waals surface area contributed by atoms with Gasteiger partial charge >= 0.3 is 11.9 Å². The van der Waals surface area contributed by atoms with Crippen LogP contribution in [0.2, 0.25) is 0 Å². The van der Waals surface area contributed by atoms with Crippen LogP contribution < -0.4 is 5.73 Å². The number of benzene rings is 1. The van der Waals surface area contributed by atoms with Crippen LogP contribution in [0.4, 0.5) is 0 Å². The molecule has 2 N–H and O–H groups in total. The molecule has 296 valence electrons. The first-order chi connectivity index (χ1) is 26.8. The fourth-order valence-corrected chi connectivity index (χ4v) is 14.5. The van der Waals surface area contributed by atoms with Gasteiger partial charge in [-0.3, -0.25) is 9.69 Å². The summed E-state index contributed by atoms with van der Waals surface area (Å²) >= 11 is 0. The lowest BCUT2D eigenvalue weighted by Gasteiger charge is -2.69. The summed E-state index contributed by atoms with van der Waals surface area (Å²) in [6.45, 7) is 9.84. The van der Waals surface area contributed by atoms with Gasteiger partial charge in [0.15, 0.2) is 5.60 Å². The molecule has 5 fully saturated rings. The van der Waals surface area contributed by atoms with Crippen LogP contribution in [0, 0.1) is 46.3 Å². The van der Waals surface area contributed by atoms with E-state index in [-0.39, 0.29) is 17.9 Å². The second-order valence-electron chi connectivity index (χ2n) is 19.7. The highest BCUT2D eigenvalue weighted by atomic mass is 16.6. The number of piperidine rings is 2. The second kappa shape index (κ2) is 13.9. The quantitative estimate of drug-likeness (QED) is 0.210. The van der Waals surface area contributed by atoms with Gasteiger partial charge in [0.25, 0.3) is 0 Å². The lowest BCUT2D eigenvalue weighted by atomic mass is 9.31. The van der Waals surface area contributed by atoms with E-state index >= 15 is 4.79 Å². The molecule has 13 rings (SSSR count). The van der Waals surface area contributed by atoms with Crippen molar-refractivity contribution < 1.29 is 19.1 Å². The minimum absolute atomic E-state index is 0.105. The van der Waals surface area contributed by atoms with Gasteiger partial charge in [-0.1, -0.05) is 88.3 Å². The number of fused-ring (bicyclic) bond motifs is 2. The Morgan fingerprint density at radius 2 is 1.76 bits per heavy atom. The molecule has 7 nitrogen and oxygen atoms in total. The Labute approximate surface area is 329 Å². The van der Waals surface area contributed by atoms with E-state index in [1.165, 1.54) is 62.6 Å². The van der Waals surface area contributed by atoms with Crippen LogP contribution in [0.5, 0.6) is 0 Å². The average Bonchev–Trinajstić information content (AvgIpc) is 3.63. The molecule has 2 spiro atoms. The second-order valence-corrected chi connectivity index (χ2v) is 19.7. The number of esters is 2. The molecule has 1 aromatic rings. The fraction of sp³-hybridized carbons (Fsp3) is 0.708. The zero-order chi connectivity index (χ0) is 37.5. The first-order valence-electron chi connectivity index (χ1n) is 22.7. The predicted molar refractivity (Wildman–Crippen MR) is 215 cm³/mol. The van der Waals surface area contributed by atoms with E-state index in [0.717, 1.165) is 112 Å². The van der Waals surface area contributed by atoms with Crippen LogP contribution >= 0.6 is 0 Å². The maximum Gasteiger partial charge on any atom is 0.339 e. The van der Waals surface area contributed by atoms with Gasteiger partial charge in [-0.25, -0.2) is 4.79 Å². The molecule has 55 heavy (non-hydrogen) atoms. The molecule has 0 aromatic heterocycles. The van der Waals surface area contributed by atoms with E-state index < -0.39 is 16.4 Å². The minimum Gasteiger partial charge on any atom is -0.449 e. The SMILES string of the molecule is CCC[C@@H]1[C@@]2(OC(=O)c3c(CCCN)cccc32)[C@@]23CCC4=C[C@@]12C(=O)O/C3=C\C[C@@H](CCC1CCCCC1)N1C[C@@H]2C[C@@H](CN(C2)C2=CC[C@H](C)C[C@@H]42)C1. The molecule has 10 atom stereocenters. The third-order valence-corrected chi connectivity index (χ3v) is 16.7. The Morgan fingerprint density at radius 3 is 2.55 bits per heavy atom. The number of hydrogen-bond acceptors (Lipinski definition) is 7. The summed E-state index contributed by atoms with van der Waals surface area (Å²) in [6.07, 6.45) is 26.2. The first-order valence-corrected chi connectivity index (χ1v) is 22.7. The number of ether oxygens (including phenoxy) is 2. The van der Waals surface area contributed by atoms with E-state index in [1.54, 1.807) is 0 Å². The van der Waals surface area contributed by atoms with Gasteiger partial charge in [0, 0.05) is 55.3 Å². The summed E-state index contributed by atoms with van der Waals surface area (Å²) in [4.78, 5) is 35.2. The number of carbonyl (C=O) groups is 2. The molecular weight excluding hydrogens is 683 g/mol. The summed E-state index contributed by atoms with van der Waals surface area (Å²) in [6, 6.07) is 6.77. The van der Waals surface area contributed by atoms with Gasteiger partial charge in [0.2, 0.25) is 0 Å². The minimum atomic E-state index is -0.931. The molecule has 8 bridgehead atoms. The number of hydrogen-bond donors (Lipinski definition) is 1. The van der Waals surface area contributed by atoms with Crippen molar-refractivity contribution in [2.45, 2.75) is 135 Å². The number of carbonyl (C=O) groups excluding carboxylic acids is 2. The normalized spacial score (nSPS) is 41.3. The van der Waals surface area contributed by atoms with E-state index in [9.17, 15) is 4.79 Å². The summed E-state index contributed by atoms with van der Waals surface area (Å²) < 4.78 is 13.8. The van der Waals surface area contributed by atoms with Gasteiger partial charge in [-0.05, 0) is 112 Å². The molecule has 7 heteroatoms. The van der Waals surface area contributed by atoms with E-state index in [0.29, 0.717) is 36.3 Å². The highest BCUT2D eigenvalue weighted by Gasteiger charge is 2.91. The zero-order valence-corrected chi connectivity index (χ0v) is 33.7. The Balaban J connectivity index is 1.15. The van der Waals surface area contributed by atoms with Crippen molar-refractivity contribution in [3.63, 3.8) is 0 Å². The number of aryl methyl sites for hydroxylation is 1. The van der Waals surface area contributed by atoms with Crippen molar-refractivity contribution in [3.05, 3.63) is 70.1 Å². The number of nitrogens with two attached hydrogens (primary N) is 1. The molecule has 8 aliphatic heterocycles. The number of rotatable bonds is 8. The maximum absolute atomic E-state index is 15.1. The van der Waals surface area contributed by atoms with Crippen molar-refractivity contribution >= 4 is 11.9 Å². The number of nitrogens with zero attached hydrogens (tertiary/aromatic N) is 2. The fourth-order valence-electron chi connectivity index (χ4n) is 14.5. The van der Waals surface area contributed by atoms with Gasteiger partial charge in [0.1, 0.15) is 11.2 Å². The van der Waals surface area contributed by atoms with Crippen molar-refractivity contribution in [2.75, 3.05) is 32.7 Å². The van der Waals surface area contributed by atoms with Crippen LogP contribution in [0.25, 0.3) is 0 Å². The molecule has 3 saturated heterocycles. The molecule has 8 heterocycles. The molecule has 0 amide bonds. The third kappa shape index (κ3) is 5.26. The summed E-state index contributed by atoms with van der Waals surface area (Å²) in [5.74, 6) is 3.43. The smallest absolute Gasteiger partial charge is 0.339 e. The Morgan fingerprint density at radius 1 is 0.945 bits per heavy atom. The molecule has 12 aliphatic rings. The molecule has 1 unspecified atom stereocenters. The van der Waals surface area contributed by atoms with Crippen molar-refractivity contribution in [2.24, 2.45) is 52.1 Å². The third-order valence-electron chi connectivity index (χ3n) is 16.7. The molecular formula is C48H65N3O4. The summed E-state index contributed by atoms with van der Waals surface area (Å²) in [5, 5.41) is 0. The van der Waals surface area contributed by atoms with Crippen LogP contribution in [0.15, 0.2) is 53.5 Å². The van der Waals surface area contributed by atoms with Crippen molar-refractivity contribution in [1.82, 2.24) is 9.80 Å². The molecule has 0 radical (unpaired) electrons. The summed E-state index contributed by atoms with van der Waals surface area (Å²) in [7, 11) is 0. The monoisotopic (exact) mass is 747 g/mol. The highest BCUT2D eigenvalue weighted by Crippen LogP contribution is 2.84. The maximum atomic E-state index is 15.1. The van der Waals surface area contributed by atoms with Gasteiger partial charge in [-0.15, -0.1) is 0 Å². The van der Waals surface area contributed by atoms with Crippen LogP contribution in [-0.4, -0.2) is 60.5 Å².